The normalized spacial score (nSPS) is 21.9. The molecular weight excluding hydrogens is 399 g/mol. The molecule has 1 amide bonds. The molecule has 0 spiro atoms. The van der Waals surface area contributed by atoms with E-state index in [9.17, 15) is 9.90 Å². The van der Waals surface area contributed by atoms with E-state index in [0.29, 0.717) is 42.5 Å². The van der Waals surface area contributed by atoms with Crippen LogP contribution >= 0.6 is 11.8 Å². The second-order valence-corrected chi connectivity index (χ2v) is 6.66. The average Bonchev–Trinajstić information content (AvgIpc) is 3.05. The van der Waals surface area contributed by atoms with Crippen LogP contribution in [-0.4, -0.2) is 65.2 Å². The molecule has 3 heterocycles. The minimum absolute atomic E-state index is 0. The molecule has 1 aromatic heterocycles. The summed E-state index contributed by atoms with van der Waals surface area (Å²) in [5.41, 5.74) is 0.351. The molecule has 0 aromatic carbocycles. The van der Waals surface area contributed by atoms with Gasteiger partial charge in [-0.1, -0.05) is 0 Å². The molecule has 10 heteroatoms. The van der Waals surface area contributed by atoms with Crippen LogP contribution in [0, 0.1) is 13.6 Å². The van der Waals surface area contributed by atoms with Crippen LogP contribution in [0.5, 0.6) is 0 Å². The zero-order valence-corrected chi connectivity index (χ0v) is 16.1. The number of hydrogen-bond donors (Lipinski definition) is 3. The summed E-state index contributed by atoms with van der Waals surface area (Å²) in [5, 5.41) is 15.6. The van der Waals surface area contributed by atoms with Crippen LogP contribution in [-0.2, 0) is 21.3 Å². The van der Waals surface area contributed by atoms with Crippen molar-refractivity contribution in [1.82, 2.24) is 20.6 Å². The minimum atomic E-state index is -0.335. The van der Waals surface area contributed by atoms with Gasteiger partial charge in [-0.25, -0.2) is 0 Å². The predicted octanol–water partition coefficient (Wildman–Crippen LogP) is 0.167. The van der Waals surface area contributed by atoms with Gasteiger partial charge in [-0.15, -0.1) is 11.8 Å². The number of nitrogens with zero attached hydrogens (tertiary/aromatic N) is 4. The molecule has 26 heavy (non-hydrogen) atoms. The van der Waals surface area contributed by atoms with Crippen molar-refractivity contribution in [3.63, 3.8) is 0 Å². The van der Waals surface area contributed by atoms with Gasteiger partial charge in [0.15, 0.2) is 0 Å². The minimum Gasteiger partial charge on any atom is -0.480 e. The van der Waals surface area contributed by atoms with Gasteiger partial charge in [0.1, 0.15) is 0 Å². The van der Waals surface area contributed by atoms with E-state index in [1.165, 1.54) is 18.1 Å². The number of aliphatic hydroxyl groups is 1. The topological polar surface area (TPSA) is 103 Å². The van der Waals surface area contributed by atoms with E-state index in [1.54, 1.807) is 6.20 Å². The largest absolute Gasteiger partial charge is 3.00 e. The van der Waals surface area contributed by atoms with Gasteiger partial charge in [0.2, 0.25) is 0 Å². The molecule has 2 aliphatic rings. The van der Waals surface area contributed by atoms with Crippen LogP contribution in [0.1, 0.15) is 6.42 Å². The van der Waals surface area contributed by atoms with Crippen molar-refractivity contribution in [3.05, 3.63) is 31.1 Å². The zero-order chi connectivity index (χ0) is 16.9. The molecule has 0 saturated carbocycles. The molecule has 1 radical (unpaired) electrons. The molecule has 0 unspecified atom stereocenters. The Morgan fingerprint density at radius 3 is 3.12 bits per heavy atom. The van der Waals surface area contributed by atoms with Crippen LogP contribution in [0.3, 0.4) is 0 Å². The summed E-state index contributed by atoms with van der Waals surface area (Å²) in [7, 11) is 0. The van der Waals surface area contributed by atoms with Gasteiger partial charge in [-0.2, -0.15) is 18.6 Å². The molecule has 2 atom stereocenters. The monoisotopic (exact) mass is 419 g/mol. The zero-order valence-electron chi connectivity index (χ0n) is 14.3. The maximum absolute atomic E-state index is 12.4. The van der Waals surface area contributed by atoms with E-state index < -0.39 is 0 Å². The van der Waals surface area contributed by atoms with E-state index in [-0.39, 0.29) is 42.0 Å². The number of anilines is 1. The van der Waals surface area contributed by atoms with Crippen molar-refractivity contribution < 1.29 is 26.4 Å². The van der Waals surface area contributed by atoms with Crippen molar-refractivity contribution in [2.24, 2.45) is 4.99 Å². The Bertz CT molecular complexity index is 659. The smallest absolute Gasteiger partial charge is 0.480 e. The Kier molecular flexibility index (Phi) is 9.22. The fourth-order valence-corrected chi connectivity index (χ4v) is 3.54. The van der Waals surface area contributed by atoms with Gasteiger partial charge < -0.3 is 43.0 Å². The van der Waals surface area contributed by atoms with E-state index in [0.717, 1.165) is 5.75 Å². The Hall–Kier alpha value is -1.48. The summed E-state index contributed by atoms with van der Waals surface area (Å²) in [6.45, 7) is 7.08. The molecule has 8 nitrogen and oxygen atoms in total. The SMILES string of the molecule is [CH-]=Nc1[c-]ncnc1N1C=C(C(=O)NC[C@H]2C[C@@H](O)CN2)SCC1.[CH3-].[Ni+3]. The first-order valence-corrected chi connectivity index (χ1v) is 8.60. The van der Waals surface area contributed by atoms with Crippen molar-refractivity contribution in [3.8, 4) is 0 Å². The van der Waals surface area contributed by atoms with Crippen molar-refractivity contribution >= 4 is 35.9 Å². The Morgan fingerprint density at radius 1 is 1.62 bits per heavy atom. The van der Waals surface area contributed by atoms with Gasteiger partial charge in [0.05, 0.1) is 11.0 Å². The molecule has 3 N–H and O–H groups in total. The fourth-order valence-electron chi connectivity index (χ4n) is 2.63. The third-order valence-electron chi connectivity index (χ3n) is 3.82. The van der Waals surface area contributed by atoms with Crippen LogP contribution < -0.4 is 15.5 Å². The van der Waals surface area contributed by atoms with Gasteiger partial charge in [0.25, 0.3) is 5.91 Å². The van der Waals surface area contributed by atoms with Crippen molar-refractivity contribution in [1.29, 1.82) is 0 Å². The molecule has 1 fully saturated rings. The summed E-state index contributed by atoms with van der Waals surface area (Å²) in [5.74, 6) is 1.13. The summed E-state index contributed by atoms with van der Waals surface area (Å²) >= 11 is 1.49. The number of hydrogen-bond acceptors (Lipinski definition) is 8. The second kappa shape index (κ2) is 10.6. The molecule has 2 aliphatic heterocycles. The fraction of sp³-hybridized carbons (Fsp3) is 0.438. The summed E-state index contributed by atoms with van der Waals surface area (Å²) in [6, 6.07) is 0.105. The molecule has 143 valence electrons. The van der Waals surface area contributed by atoms with Crippen LogP contribution in [0.4, 0.5) is 11.5 Å². The second-order valence-electron chi connectivity index (χ2n) is 5.53. The quantitative estimate of drug-likeness (QED) is 0.355. The maximum atomic E-state index is 12.4. The van der Waals surface area contributed by atoms with Crippen molar-refractivity contribution in [2.45, 2.75) is 18.6 Å². The molecule has 1 aromatic rings. The Balaban J connectivity index is 0.00000169. The number of aliphatic hydroxyl groups excluding tert-OH is 1. The number of amides is 1. The van der Waals surface area contributed by atoms with E-state index in [1.807, 2.05) is 4.90 Å². The summed E-state index contributed by atoms with van der Waals surface area (Å²) < 4.78 is 0. The third kappa shape index (κ3) is 5.51. The molecule has 1 saturated heterocycles. The Labute approximate surface area is 167 Å². The first-order valence-electron chi connectivity index (χ1n) is 7.62. The van der Waals surface area contributed by atoms with Gasteiger partial charge in [-0.3, -0.25) is 4.79 Å². The molecular formula is C16H21N6NiO2S. The maximum Gasteiger partial charge on any atom is 3.00 e. The summed E-state index contributed by atoms with van der Waals surface area (Å²) in [6.07, 6.45) is 6.11. The molecule has 3 rings (SSSR count). The van der Waals surface area contributed by atoms with Crippen molar-refractivity contribution in [2.75, 3.05) is 30.3 Å². The number of aromatic nitrogens is 2. The van der Waals surface area contributed by atoms with E-state index in [2.05, 4.69) is 31.8 Å². The number of aliphatic imine (C=N–C) groups is 1. The van der Waals surface area contributed by atoms with Crippen LogP contribution in [0.25, 0.3) is 0 Å². The number of carbonyl (C=O) groups excluding carboxylic acids is 1. The van der Waals surface area contributed by atoms with Crippen LogP contribution in [0.2, 0.25) is 0 Å². The number of carbonyl (C=O) groups is 1. The van der Waals surface area contributed by atoms with E-state index >= 15 is 0 Å². The third-order valence-corrected chi connectivity index (χ3v) is 4.80. The number of thioether (sulfide) groups is 1. The van der Waals surface area contributed by atoms with Gasteiger partial charge >= 0.3 is 16.5 Å². The standard InChI is InChI=1S/C15H18N6O2S.CH3.Ni/c1-16-12-7-17-9-20-14(12)21-2-3-24-13(8-21)15(23)19-5-10-4-11(22)6-18-10;;/h1,8-11,18,22H,2-6H2,(H,19,23);1H3;/q-2;-1;+3/t10-,11-;;/m1../s1. The van der Waals surface area contributed by atoms with Gasteiger partial charge in [0, 0.05) is 37.6 Å². The predicted molar refractivity (Wildman–Crippen MR) is 98.7 cm³/mol. The van der Waals surface area contributed by atoms with Gasteiger partial charge in [-0.05, 0) is 18.6 Å². The number of rotatable bonds is 5. The number of β-amino-alcohol motifs (C(OH)–C–C–N with tert-alkyl or cyclic N) is 1. The van der Waals surface area contributed by atoms with E-state index in [4.69, 9.17) is 6.72 Å². The first-order chi connectivity index (χ1) is 11.7. The molecule has 0 aliphatic carbocycles. The van der Waals surface area contributed by atoms with Crippen LogP contribution in [0.15, 0.2) is 22.4 Å². The Morgan fingerprint density at radius 2 is 2.42 bits per heavy atom. The molecule has 0 bridgehead atoms. The summed E-state index contributed by atoms with van der Waals surface area (Å²) in [4.78, 5) is 26.4. The average molecular weight is 420 g/mol. The number of nitrogens with one attached hydrogen (secondary N) is 2. The first kappa shape index (κ1) is 22.6.